The van der Waals surface area contributed by atoms with E-state index >= 15 is 0 Å². The molecule has 0 saturated carbocycles. The van der Waals surface area contributed by atoms with E-state index in [2.05, 4.69) is 60.3 Å². The van der Waals surface area contributed by atoms with Crippen LogP contribution in [0.4, 0.5) is 0 Å². The second-order valence-electron chi connectivity index (χ2n) is 5.22. The molecule has 1 aromatic heterocycles. The molecule has 2 heterocycles. The summed E-state index contributed by atoms with van der Waals surface area (Å²) in [6, 6.07) is 9.02. The molecule has 0 aliphatic carbocycles. The molecule has 2 N–H and O–H groups in total. The van der Waals surface area contributed by atoms with Crippen LogP contribution in [-0.4, -0.2) is 32.7 Å². The highest BCUT2D eigenvalue weighted by atomic mass is 79.9. The minimum absolute atomic E-state index is 0.233. The van der Waals surface area contributed by atoms with E-state index in [-0.39, 0.29) is 5.69 Å². The largest absolute Gasteiger partial charge is 0.340 e. The molecule has 5 nitrogen and oxygen atoms in total. The van der Waals surface area contributed by atoms with E-state index in [0.29, 0.717) is 12.6 Å². The van der Waals surface area contributed by atoms with E-state index in [1.807, 2.05) is 0 Å². The number of halogens is 1. The molecule has 0 radical (unpaired) electrons. The number of H-pyrrole nitrogens is 2. The van der Waals surface area contributed by atoms with E-state index in [1.165, 1.54) is 18.4 Å². The van der Waals surface area contributed by atoms with Gasteiger partial charge in [-0.25, -0.2) is 9.89 Å². The molecule has 6 heteroatoms. The van der Waals surface area contributed by atoms with Gasteiger partial charge in [0.1, 0.15) is 5.82 Å². The molecule has 0 amide bonds. The summed E-state index contributed by atoms with van der Waals surface area (Å²) in [5, 5.41) is 6.41. The third-order valence-corrected chi connectivity index (χ3v) is 4.32. The lowest BCUT2D eigenvalue weighted by atomic mass is 10.0. The molecular weight excluding hydrogens is 320 g/mol. The summed E-state index contributed by atoms with van der Waals surface area (Å²) in [5.41, 5.74) is 1.12. The highest BCUT2D eigenvalue weighted by Gasteiger charge is 2.25. The van der Waals surface area contributed by atoms with Crippen LogP contribution in [0.1, 0.15) is 24.2 Å². The summed E-state index contributed by atoms with van der Waals surface area (Å²) < 4.78 is 1.11. The molecule has 1 fully saturated rings. The Labute approximate surface area is 125 Å². The average molecular weight is 337 g/mol. The van der Waals surface area contributed by atoms with Gasteiger partial charge in [-0.15, -0.1) is 0 Å². The Hall–Kier alpha value is -1.40. The average Bonchev–Trinajstić information content (AvgIpc) is 3.03. The fourth-order valence-corrected chi connectivity index (χ4v) is 3.06. The van der Waals surface area contributed by atoms with Gasteiger partial charge in [-0.2, -0.15) is 5.10 Å². The van der Waals surface area contributed by atoms with Crippen LogP contribution in [0.5, 0.6) is 0 Å². The van der Waals surface area contributed by atoms with Crippen molar-refractivity contribution in [1.82, 2.24) is 20.1 Å². The topological polar surface area (TPSA) is 64.8 Å². The summed E-state index contributed by atoms with van der Waals surface area (Å²) >= 11 is 3.46. The van der Waals surface area contributed by atoms with Gasteiger partial charge in [0, 0.05) is 10.5 Å². The maximum absolute atomic E-state index is 11.1. The fourth-order valence-electron chi connectivity index (χ4n) is 2.80. The first-order valence-corrected chi connectivity index (χ1v) is 7.62. The van der Waals surface area contributed by atoms with Crippen molar-refractivity contribution in [2.75, 3.05) is 6.54 Å². The fraction of sp³-hybridized carbons (Fsp3) is 0.429. The molecule has 0 unspecified atom stereocenters. The molecule has 1 aliphatic rings. The molecule has 20 heavy (non-hydrogen) atoms. The molecule has 1 aliphatic heterocycles. The van der Waals surface area contributed by atoms with Crippen molar-refractivity contribution in [3.63, 3.8) is 0 Å². The molecule has 0 spiro atoms. The molecule has 2 aromatic rings. The van der Waals surface area contributed by atoms with Crippen LogP contribution in [0.15, 0.2) is 33.5 Å². The number of aromatic nitrogens is 3. The lowest BCUT2D eigenvalue weighted by Crippen LogP contribution is -2.31. The van der Waals surface area contributed by atoms with Crippen LogP contribution in [0, 0.1) is 0 Å². The van der Waals surface area contributed by atoms with Gasteiger partial charge in [-0.1, -0.05) is 28.1 Å². The number of benzene rings is 1. The summed E-state index contributed by atoms with van der Waals surface area (Å²) in [4.78, 5) is 16.2. The predicted molar refractivity (Wildman–Crippen MR) is 80.5 cm³/mol. The monoisotopic (exact) mass is 336 g/mol. The van der Waals surface area contributed by atoms with Crippen molar-refractivity contribution in [3.05, 3.63) is 50.6 Å². The molecule has 106 valence electrons. The van der Waals surface area contributed by atoms with E-state index < -0.39 is 0 Å². The van der Waals surface area contributed by atoms with Crippen molar-refractivity contribution in [1.29, 1.82) is 0 Å². The van der Waals surface area contributed by atoms with Crippen molar-refractivity contribution < 1.29 is 0 Å². The molecule has 1 aromatic carbocycles. The molecule has 0 bridgehead atoms. The molecule has 3 rings (SSSR count). The Morgan fingerprint density at radius 1 is 1.35 bits per heavy atom. The SMILES string of the molecule is O=c1[nH]nc(CN2CCC[C@@H]2Cc2ccc(Br)cc2)[nH]1. The number of rotatable bonds is 4. The minimum atomic E-state index is -0.233. The van der Waals surface area contributed by atoms with Crippen LogP contribution in [-0.2, 0) is 13.0 Å². The van der Waals surface area contributed by atoms with Crippen LogP contribution in [0.25, 0.3) is 0 Å². The van der Waals surface area contributed by atoms with Gasteiger partial charge in [0.25, 0.3) is 0 Å². The first kappa shape index (κ1) is 13.6. The second kappa shape index (κ2) is 5.93. The van der Waals surface area contributed by atoms with Gasteiger partial charge in [0.2, 0.25) is 0 Å². The van der Waals surface area contributed by atoms with E-state index in [0.717, 1.165) is 23.3 Å². The predicted octanol–water partition coefficient (Wildman–Crippen LogP) is 2.07. The smallest absolute Gasteiger partial charge is 0.293 e. The first-order valence-electron chi connectivity index (χ1n) is 6.83. The zero-order valence-corrected chi connectivity index (χ0v) is 12.7. The van der Waals surface area contributed by atoms with E-state index in [1.54, 1.807) is 0 Å². The Kier molecular flexibility index (Phi) is 4.03. The van der Waals surface area contributed by atoms with Crippen molar-refractivity contribution in [2.45, 2.75) is 31.8 Å². The Balaban J connectivity index is 1.66. The van der Waals surface area contributed by atoms with Crippen LogP contribution < -0.4 is 5.69 Å². The normalized spacial score (nSPS) is 19.6. The summed E-state index contributed by atoms with van der Waals surface area (Å²) in [6.45, 7) is 1.77. The highest BCUT2D eigenvalue weighted by molar-refractivity contribution is 9.10. The van der Waals surface area contributed by atoms with Crippen molar-refractivity contribution in [2.24, 2.45) is 0 Å². The number of aromatic amines is 2. The van der Waals surface area contributed by atoms with Gasteiger partial charge >= 0.3 is 5.69 Å². The summed E-state index contributed by atoms with van der Waals surface area (Å²) in [5.74, 6) is 0.720. The maximum atomic E-state index is 11.1. The van der Waals surface area contributed by atoms with Crippen LogP contribution in [0.2, 0.25) is 0 Å². The van der Waals surface area contributed by atoms with Gasteiger partial charge in [0.15, 0.2) is 0 Å². The zero-order chi connectivity index (χ0) is 13.9. The number of likely N-dealkylation sites (tertiary alicyclic amines) is 1. The lowest BCUT2D eigenvalue weighted by molar-refractivity contribution is 0.238. The minimum Gasteiger partial charge on any atom is -0.293 e. The molecule has 1 saturated heterocycles. The number of nitrogens with zero attached hydrogens (tertiary/aromatic N) is 2. The van der Waals surface area contributed by atoms with E-state index in [4.69, 9.17) is 0 Å². The van der Waals surface area contributed by atoms with Crippen molar-refractivity contribution >= 4 is 15.9 Å². The molecular formula is C14H17BrN4O. The number of hydrogen-bond donors (Lipinski definition) is 2. The van der Waals surface area contributed by atoms with Crippen LogP contribution >= 0.6 is 15.9 Å². The van der Waals surface area contributed by atoms with Gasteiger partial charge in [-0.3, -0.25) is 9.88 Å². The number of nitrogens with one attached hydrogen (secondary N) is 2. The van der Waals surface area contributed by atoms with Gasteiger partial charge in [-0.05, 0) is 43.5 Å². The summed E-state index contributed by atoms with van der Waals surface area (Å²) in [6.07, 6.45) is 3.45. The standard InChI is InChI=1S/C14H17BrN4O/c15-11-5-3-10(4-6-11)8-12-2-1-7-19(12)9-13-16-14(20)18-17-13/h3-6,12H,1-2,7-9H2,(H2,16,17,18,20)/t12-/m1/s1. The quantitative estimate of drug-likeness (QED) is 0.898. The van der Waals surface area contributed by atoms with Crippen molar-refractivity contribution in [3.8, 4) is 0 Å². The Bertz CT molecular complexity index is 619. The third kappa shape index (κ3) is 3.19. The van der Waals surface area contributed by atoms with Gasteiger partial charge in [0.05, 0.1) is 6.54 Å². The Morgan fingerprint density at radius 3 is 2.85 bits per heavy atom. The zero-order valence-electron chi connectivity index (χ0n) is 11.1. The second-order valence-corrected chi connectivity index (χ2v) is 6.14. The maximum Gasteiger partial charge on any atom is 0.340 e. The Morgan fingerprint density at radius 2 is 2.15 bits per heavy atom. The third-order valence-electron chi connectivity index (χ3n) is 3.79. The van der Waals surface area contributed by atoms with E-state index in [9.17, 15) is 4.79 Å². The van der Waals surface area contributed by atoms with Gasteiger partial charge < -0.3 is 0 Å². The summed E-state index contributed by atoms with van der Waals surface area (Å²) in [7, 11) is 0. The highest BCUT2D eigenvalue weighted by Crippen LogP contribution is 2.23. The van der Waals surface area contributed by atoms with Crippen LogP contribution in [0.3, 0.4) is 0 Å². The lowest BCUT2D eigenvalue weighted by Gasteiger charge is -2.23. The molecule has 1 atom stereocenters. The number of hydrogen-bond acceptors (Lipinski definition) is 3. The first-order chi connectivity index (χ1) is 9.70.